The number of aliphatic imine (C=N–C) groups is 2. The minimum Gasteiger partial charge on any atom is -0.486 e. The maximum Gasteiger partial charge on any atom is 0.220 e. The zero-order valence-corrected chi connectivity index (χ0v) is 25.5. The Morgan fingerprint density at radius 3 is 1.41 bits per heavy atom. The van der Waals surface area contributed by atoms with Crippen molar-refractivity contribution in [1.29, 1.82) is 0 Å². The van der Waals surface area contributed by atoms with E-state index in [2.05, 4.69) is 48.5 Å². The van der Waals surface area contributed by atoms with E-state index in [1.807, 2.05) is 78.9 Å². The molecule has 2 aliphatic heterocycles. The van der Waals surface area contributed by atoms with E-state index in [1.54, 1.807) is 0 Å². The first-order valence-corrected chi connectivity index (χ1v) is 15.6. The summed E-state index contributed by atoms with van der Waals surface area (Å²) in [5.41, 5.74) is 5.78. The van der Waals surface area contributed by atoms with Gasteiger partial charge < -0.3 is 18.9 Å². The lowest BCUT2D eigenvalue weighted by molar-refractivity contribution is 0.285. The van der Waals surface area contributed by atoms with Gasteiger partial charge in [0.15, 0.2) is 0 Å². The first-order chi connectivity index (χ1) is 22.8. The average molecular weight is 610 g/mol. The molecule has 0 radical (unpaired) electrons. The van der Waals surface area contributed by atoms with Crippen molar-refractivity contribution in [2.75, 3.05) is 13.2 Å². The fourth-order valence-corrected chi connectivity index (χ4v) is 5.64. The zero-order valence-electron chi connectivity index (χ0n) is 25.5. The second-order valence-electron chi connectivity index (χ2n) is 11.4. The third kappa shape index (κ3) is 7.26. The third-order valence-corrected chi connectivity index (χ3v) is 7.90. The van der Waals surface area contributed by atoms with Crippen LogP contribution in [0.1, 0.15) is 33.6 Å². The van der Waals surface area contributed by atoms with Gasteiger partial charge in [-0.1, -0.05) is 91.0 Å². The van der Waals surface area contributed by atoms with E-state index in [9.17, 15) is 0 Å². The number of hydrogen-bond acceptors (Lipinski definition) is 7. The van der Waals surface area contributed by atoms with Crippen molar-refractivity contribution in [1.82, 2.24) is 4.98 Å². The van der Waals surface area contributed by atoms with Crippen molar-refractivity contribution in [3.63, 3.8) is 0 Å². The SMILES string of the molecule is c1ccc(C[C@H]2COC(c3ccccc3OCc3cccc(COc4ccccc4C4=N[C@@H](Cc5ccccc5)CO4)n3)=N2)cc1. The molecule has 0 saturated heterocycles. The van der Waals surface area contributed by atoms with Crippen LogP contribution in [0.4, 0.5) is 0 Å². The summed E-state index contributed by atoms with van der Waals surface area (Å²) in [6.45, 7) is 1.71. The molecule has 0 N–H and O–H groups in total. The van der Waals surface area contributed by atoms with Gasteiger partial charge in [-0.15, -0.1) is 0 Å². The van der Waals surface area contributed by atoms with Crippen LogP contribution in [0.3, 0.4) is 0 Å². The number of ether oxygens (including phenoxy) is 4. The predicted octanol–water partition coefficient (Wildman–Crippen LogP) is 7.02. The van der Waals surface area contributed by atoms with Crippen LogP contribution in [0, 0.1) is 0 Å². The van der Waals surface area contributed by atoms with Crippen LogP contribution >= 0.6 is 0 Å². The number of benzene rings is 4. The molecule has 2 atom stereocenters. The van der Waals surface area contributed by atoms with Gasteiger partial charge >= 0.3 is 0 Å². The van der Waals surface area contributed by atoms with Crippen molar-refractivity contribution in [3.8, 4) is 11.5 Å². The summed E-state index contributed by atoms with van der Waals surface area (Å²) < 4.78 is 24.5. The lowest BCUT2D eigenvalue weighted by Gasteiger charge is -2.13. The summed E-state index contributed by atoms with van der Waals surface area (Å²) in [4.78, 5) is 14.5. The highest BCUT2D eigenvalue weighted by Crippen LogP contribution is 2.26. The molecule has 5 aromatic rings. The smallest absolute Gasteiger partial charge is 0.220 e. The lowest BCUT2D eigenvalue weighted by atomic mass is 10.1. The highest BCUT2D eigenvalue weighted by atomic mass is 16.5. The molecule has 4 aromatic carbocycles. The molecular weight excluding hydrogens is 574 g/mol. The Labute approximate surface area is 269 Å². The maximum atomic E-state index is 6.25. The Hall–Kier alpha value is -5.43. The van der Waals surface area contributed by atoms with Gasteiger partial charge in [0.2, 0.25) is 11.8 Å². The molecule has 3 heterocycles. The van der Waals surface area contributed by atoms with Crippen LogP contribution in [0.2, 0.25) is 0 Å². The molecule has 7 nitrogen and oxygen atoms in total. The minimum absolute atomic E-state index is 0.0805. The van der Waals surface area contributed by atoms with E-state index < -0.39 is 0 Å². The number of hydrogen-bond donors (Lipinski definition) is 0. The van der Waals surface area contributed by atoms with Gasteiger partial charge in [-0.25, -0.2) is 9.98 Å². The molecule has 46 heavy (non-hydrogen) atoms. The van der Waals surface area contributed by atoms with Crippen LogP contribution in [-0.2, 0) is 35.5 Å². The van der Waals surface area contributed by atoms with Crippen LogP contribution in [0.15, 0.2) is 137 Å². The highest BCUT2D eigenvalue weighted by Gasteiger charge is 2.24. The molecule has 2 aliphatic rings. The molecular formula is C39H35N3O4. The Morgan fingerprint density at radius 1 is 0.500 bits per heavy atom. The number of nitrogens with zero attached hydrogens (tertiary/aromatic N) is 3. The minimum atomic E-state index is 0.0805. The molecule has 7 heteroatoms. The summed E-state index contributed by atoms with van der Waals surface area (Å²) in [5, 5.41) is 0. The van der Waals surface area contributed by atoms with E-state index in [4.69, 9.17) is 33.9 Å². The van der Waals surface area contributed by atoms with Crippen LogP contribution in [0.25, 0.3) is 0 Å². The van der Waals surface area contributed by atoms with Crippen LogP contribution in [-0.4, -0.2) is 42.1 Å². The third-order valence-electron chi connectivity index (χ3n) is 7.90. The van der Waals surface area contributed by atoms with Gasteiger partial charge in [-0.3, -0.25) is 4.98 Å². The molecule has 1 aromatic heterocycles. The summed E-state index contributed by atoms with van der Waals surface area (Å²) in [6.07, 6.45) is 1.68. The predicted molar refractivity (Wildman–Crippen MR) is 179 cm³/mol. The van der Waals surface area contributed by atoms with Gasteiger partial charge in [0, 0.05) is 0 Å². The fourth-order valence-electron chi connectivity index (χ4n) is 5.64. The Bertz CT molecular complexity index is 1690. The molecule has 230 valence electrons. The molecule has 0 aliphatic carbocycles. The van der Waals surface area contributed by atoms with Crippen molar-refractivity contribution in [2.45, 2.75) is 38.1 Å². The average Bonchev–Trinajstić information content (AvgIpc) is 3.78. The zero-order chi connectivity index (χ0) is 31.0. The summed E-state index contributed by atoms with van der Waals surface area (Å²) in [6, 6.07) is 42.5. The Kier molecular flexibility index (Phi) is 8.99. The summed E-state index contributed by atoms with van der Waals surface area (Å²) >= 11 is 0. The van der Waals surface area contributed by atoms with Gasteiger partial charge in [0.1, 0.15) is 37.9 Å². The second kappa shape index (κ2) is 14.1. The topological polar surface area (TPSA) is 74.5 Å². The van der Waals surface area contributed by atoms with E-state index in [0.717, 1.165) is 35.4 Å². The van der Waals surface area contributed by atoms with E-state index in [-0.39, 0.29) is 12.1 Å². The second-order valence-corrected chi connectivity index (χ2v) is 11.4. The van der Waals surface area contributed by atoms with E-state index in [1.165, 1.54) is 11.1 Å². The quantitative estimate of drug-likeness (QED) is 0.152. The lowest BCUT2D eigenvalue weighted by Crippen LogP contribution is -2.10. The number of aromatic nitrogens is 1. The van der Waals surface area contributed by atoms with Gasteiger partial charge in [-0.2, -0.15) is 0 Å². The Balaban J connectivity index is 0.977. The molecule has 0 saturated carbocycles. The van der Waals surface area contributed by atoms with E-state index >= 15 is 0 Å². The molecule has 0 amide bonds. The van der Waals surface area contributed by atoms with Gasteiger partial charge in [-0.05, 0) is 60.4 Å². The summed E-state index contributed by atoms with van der Waals surface area (Å²) in [5.74, 6) is 2.66. The maximum absolute atomic E-state index is 6.25. The largest absolute Gasteiger partial charge is 0.486 e. The molecule has 0 unspecified atom stereocenters. The van der Waals surface area contributed by atoms with Crippen molar-refractivity contribution in [3.05, 3.63) is 161 Å². The molecule has 0 fully saturated rings. The van der Waals surface area contributed by atoms with Crippen LogP contribution in [0.5, 0.6) is 11.5 Å². The van der Waals surface area contributed by atoms with Gasteiger partial charge in [0.25, 0.3) is 0 Å². The van der Waals surface area contributed by atoms with Crippen molar-refractivity contribution < 1.29 is 18.9 Å². The number of rotatable bonds is 12. The standard InChI is InChI=1S/C39H35N3O4/c1-3-12-28(13-4-1)22-32-26-45-38(41-32)34-18-7-9-20-36(34)43-24-30-16-11-17-31(40-30)25-44-37-21-10-8-19-35(37)39-42-33(27-46-39)23-29-14-5-2-6-15-29/h1-21,32-33H,22-27H2/t32-,33-/m0/s1. The van der Waals surface area contributed by atoms with Crippen LogP contribution < -0.4 is 9.47 Å². The molecule has 0 spiro atoms. The monoisotopic (exact) mass is 609 g/mol. The summed E-state index contributed by atoms with van der Waals surface area (Å²) in [7, 11) is 0. The first kappa shape index (κ1) is 29.3. The number of para-hydroxylation sites is 2. The number of pyridine rings is 1. The van der Waals surface area contributed by atoms with Crippen molar-refractivity contribution >= 4 is 11.8 Å². The fraction of sp³-hybridized carbons (Fsp3) is 0.205. The first-order valence-electron chi connectivity index (χ1n) is 15.6. The normalized spacial score (nSPS) is 17.0. The highest BCUT2D eigenvalue weighted by molar-refractivity contribution is 5.98. The van der Waals surface area contributed by atoms with Crippen molar-refractivity contribution in [2.24, 2.45) is 9.98 Å². The molecule has 7 rings (SSSR count). The Morgan fingerprint density at radius 2 is 0.935 bits per heavy atom. The van der Waals surface area contributed by atoms with Gasteiger partial charge in [0.05, 0.1) is 34.6 Å². The van der Waals surface area contributed by atoms with E-state index in [0.29, 0.717) is 49.7 Å². The molecule has 0 bridgehead atoms.